The van der Waals surface area contributed by atoms with Crippen molar-refractivity contribution in [3.63, 3.8) is 0 Å². The molecule has 0 fully saturated rings. The number of benzene rings is 1. The fourth-order valence-electron chi connectivity index (χ4n) is 4.46. The number of nitrogens with one attached hydrogen (secondary N) is 1. The van der Waals surface area contributed by atoms with Gasteiger partial charge in [-0.3, -0.25) is 19.7 Å². The van der Waals surface area contributed by atoms with Crippen LogP contribution >= 0.6 is 0 Å². The number of methoxy groups -OCH3 is 4. The van der Waals surface area contributed by atoms with Gasteiger partial charge in [-0.1, -0.05) is 0 Å². The van der Waals surface area contributed by atoms with Crippen molar-refractivity contribution in [2.75, 3.05) is 28.4 Å². The standard InChI is InChI=1S/C27H28N2O12/c1-11-9-14-12(10-13(11)29(35)36)21(30)19-20(28-27(2,3)4)17(25(33)39-7)15(23(31)37-5)16(24(32)38-6)18(22(19)41-14)26(34)40-8/h9-10,17,28H,1-8H3. The number of esters is 4. The lowest BCUT2D eigenvalue weighted by Crippen LogP contribution is -2.50. The van der Waals surface area contributed by atoms with Crippen LogP contribution < -0.4 is 21.4 Å². The van der Waals surface area contributed by atoms with E-state index in [1.807, 2.05) is 0 Å². The molecule has 1 N–H and O–H groups in total. The molecule has 41 heavy (non-hydrogen) atoms. The molecule has 0 amide bonds. The number of fused-ring (bicyclic) bond motifs is 2. The van der Waals surface area contributed by atoms with E-state index in [2.05, 4.69) is 5.32 Å². The summed E-state index contributed by atoms with van der Waals surface area (Å²) in [5.41, 5.74) is -5.32. The number of carbonyl (C=O) groups excluding carboxylic acids is 4. The van der Waals surface area contributed by atoms with Crippen molar-refractivity contribution < 1.29 is 47.5 Å². The summed E-state index contributed by atoms with van der Waals surface area (Å²) in [5, 5.41) is 13.9. The van der Waals surface area contributed by atoms with Gasteiger partial charge in [-0.25, -0.2) is 14.4 Å². The Morgan fingerprint density at radius 3 is 1.98 bits per heavy atom. The minimum Gasteiger partial charge on any atom is -0.468 e. The number of nitrogens with zero attached hydrogens (tertiary/aromatic N) is 1. The van der Waals surface area contributed by atoms with E-state index in [4.69, 9.17) is 23.4 Å². The topological polar surface area (TPSA) is 191 Å². The van der Waals surface area contributed by atoms with Gasteiger partial charge in [0.05, 0.1) is 55.1 Å². The third-order valence-electron chi connectivity index (χ3n) is 6.13. The Morgan fingerprint density at radius 2 is 1.49 bits per heavy atom. The summed E-state index contributed by atoms with van der Waals surface area (Å²) in [7, 11) is 3.94. The van der Waals surface area contributed by atoms with E-state index >= 15 is 0 Å². The largest absolute Gasteiger partial charge is 0.468 e. The lowest BCUT2D eigenvalue weighted by atomic mass is 9.88. The summed E-state index contributed by atoms with van der Waals surface area (Å²) in [6.07, 6.45) is 0. The van der Waals surface area contributed by atoms with Crippen LogP contribution in [-0.2, 0) is 38.1 Å². The van der Waals surface area contributed by atoms with Gasteiger partial charge in [0.1, 0.15) is 17.1 Å². The number of carbonyl (C=O) groups is 4. The van der Waals surface area contributed by atoms with Crippen LogP contribution in [0.3, 0.4) is 0 Å². The third-order valence-corrected chi connectivity index (χ3v) is 6.13. The zero-order valence-electron chi connectivity index (χ0n) is 23.6. The second-order valence-corrected chi connectivity index (χ2v) is 9.91. The van der Waals surface area contributed by atoms with Crippen LogP contribution in [0.2, 0.25) is 0 Å². The molecule has 14 heteroatoms. The van der Waals surface area contributed by atoms with Gasteiger partial charge in [-0.2, -0.15) is 0 Å². The van der Waals surface area contributed by atoms with Gasteiger partial charge in [-0.15, -0.1) is 0 Å². The van der Waals surface area contributed by atoms with Crippen molar-refractivity contribution in [2.45, 2.75) is 33.2 Å². The molecule has 14 nitrogen and oxygen atoms in total. The van der Waals surface area contributed by atoms with Crippen molar-refractivity contribution >= 4 is 51.8 Å². The summed E-state index contributed by atoms with van der Waals surface area (Å²) < 4.78 is 25.7. The second-order valence-electron chi connectivity index (χ2n) is 9.91. The third kappa shape index (κ3) is 5.40. The van der Waals surface area contributed by atoms with Gasteiger partial charge in [0.25, 0.3) is 5.69 Å². The molecule has 1 aromatic heterocycles. The highest BCUT2D eigenvalue weighted by Gasteiger charge is 2.44. The lowest BCUT2D eigenvalue weighted by Gasteiger charge is -2.29. The van der Waals surface area contributed by atoms with Gasteiger partial charge in [0, 0.05) is 22.9 Å². The fourth-order valence-corrected chi connectivity index (χ4v) is 4.46. The number of hydrogen-bond acceptors (Lipinski definition) is 13. The van der Waals surface area contributed by atoms with E-state index in [0.29, 0.717) is 0 Å². The maximum absolute atomic E-state index is 14.2. The number of hydrogen-bond donors (Lipinski definition) is 1. The Bertz CT molecular complexity index is 1720. The van der Waals surface area contributed by atoms with Crippen molar-refractivity contribution in [3.05, 3.63) is 59.8 Å². The van der Waals surface area contributed by atoms with Crippen molar-refractivity contribution in [3.8, 4) is 0 Å². The average molecular weight is 573 g/mol. The number of ether oxygens (including phenoxy) is 4. The van der Waals surface area contributed by atoms with Crippen LogP contribution in [0.5, 0.6) is 0 Å². The minimum atomic E-state index is -1.86. The van der Waals surface area contributed by atoms with Crippen LogP contribution in [0, 0.1) is 23.0 Å². The highest BCUT2D eigenvalue weighted by Crippen LogP contribution is 2.33. The first-order chi connectivity index (χ1) is 19.1. The summed E-state index contributed by atoms with van der Waals surface area (Å²) >= 11 is 0. The van der Waals surface area contributed by atoms with Crippen molar-refractivity contribution in [1.29, 1.82) is 0 Å². The van der Waals surface area contributed by atoms with Crippen molar-refractivity contribution in [1.82, 2.24) is 5.32 Å². The zero-order valence-corrected chi connectivity index (χ0v) is 23.6. The maximum Gasteiger partial charge on any atom is 0.342 e. The van der Waals surface area contributed by atoms with E-state index in [0.717, 1.165) is 34.5 Å². The highest BCUT2D eigenvalue weighted by molar-refractivity contribution is 6.28. The van der Waals surface area contributed by atoms with Gasteiger partial charge in [-0.05, 0) is 33.8 Å². The Labute approximate surface area is 232 Å². The van der Waals surface area contributed by atoms with Crippen LogP contribution in [0.15, 0.2) is 32.5 Å². The SMILES string of the molecule is COC(=O)C1=C(C(=O)OC)C(C(=O)OC)C(NC(C)(C)C)=c2c(oc3cc(C)c([N+](=O)[O-])cc3c2=O)=C1C(=O)OC. The molecule has 0 saturated carbocycles. The minimum absolute atomic E-state index is 0.127. The molecule has 1 aromatic carbocycles. The maximum atomic E-state index is 14.2. The normalized spacial score (nSPS) is 15.1. The Morgan fingerprint density at radius 1 is 0.927 bits per heavy atom. The summed E-state index contributed by atoms with van der Waals surface area (Å²) in [4.78, 5) is 78.4. The first-order valence-corrected chi connectivity index (χ1v) is 12.0. The second kappa shape index (κ2) is 11.2. The van der Waals surface area contributed by atoms with Gasteiger partial charge >= 0.3 is 23.9 Å². The van der Waals surface area contributed by atoms with E-state index in [9.17, 15) is 34.1 Å². The molecule has 0 aliphatic heterocycles. The molecule has 1 heterocycles. The Balaban J connectivity index is 2.93. The highest BCUT2D eigenvalue weighted by atomic mass is 16.6. The van der Waals surface area contributed by atoms with E-state index < -0.39 is 78.7 Å². The molecule has 2 aromatic rings. The van der Waals surface area contributed by atoms with Crippen molar-refractivity contribution in [2.24, 2.45) is 5.92 Å². The van der Waals surface area contributed by atoms with Crippen LogP contribution in [0.1, 0.15) is 26.3 Å². The monoisotopic (exact) mass is 572 g/mol. The molecule has 3 rings (SSSR count). The summed E-state index contributed by atoms with van der Waals surface area (Å²) in [6, 6.07) is 2.21. The van der Waals surface area contributed by atoms with Crippen LogP contribution in [0.25, 0.3) is 22.2 Å². The molecular weight excluding hydrogens is 544 g/mol. The predicted molar refractivity (Wildman–Crippen MR) is 141 cm³/mol. The smallest absolute Gasteiger partial charge is 0.342 e. The lowest BCUT2D eigenvalue weighted by molar-refractivity contribution is -0.385. The van der Waals surface area contributed by atoms with E-state index in [-0.39, 0.29) is 22.2 Å². The molecule has 0 spiro atoms. The van der Waals surface area contributed by atoms with Gasteiger partial charge in [0.15, 0.2) is 5.42 Å². The molecule has 1 aliphatic rings. The number of nitro benzene ring substituents is 1. The zero-order chi connectivity index (χ0) is 31.0. The molecule has 1 aliphatic carbocycles. The molecule has 0 saturated heterocycles. The molecule has 1 unspecified atom stereocenters. The number of aryl methyl sites for hydroxylation is 1. The van der Waals surface area contributed by atoms with Gasteiger partial charge < -0.3 is 28.7 Å². The number of nitro groups is 1. The molecular formula is C27H28N2O12. The predicted octanol–water partition coefficient (Wildman–Crippen LogP) is 0.275. The first-order valence-electron chi connectivity index (χ1n) is 12.0. The number of rotatable bonds is 6. The summed E-state index contributed by atoms with van der Waals surface area (Å²) in [6.45, 7) is 6.42. The molecule has 218 valence electrons. The fraction of sp³-hybridized carbons (Fsp3) is 0.370. The van der Waals surface area contributed by atoms with Crippen LogP contribution in [-0.4, -0.2) is 62.8 Å². The first kappa shape index (κ1) is 30.5. The Hall–Kier alpha value is -5.01. The quantitative estimate of drug-likeness (QED) is 0.215. The summed E-state index contributed by atoms with van der Waals surface area (Å²) in [5.74, 6) is -6.70. The van der Waals surface area contributed by atoms with E-state index in [1.54, 1.807) is 20.8 Å². The molecule has 0 radical (unpaired) electrons. The van der Waals surface area contributed by atoms with Crippen LogP contribution in [0.4, 0.5) is 5.69 Å². The molecule has 0 bridgehead atoms. The Kier molecular flexibility index (Phi) is 8.36. The van der Waals surface area contributed by atoms with Gasteiger partial charge in [0.2, 0.25) is 5.43 Å². The average Bonchev–Trinajstić information content (AvgIpc) is 3.02. The van der Waals surface area contributed by atoms with E-state index in [1.165, 1.54) is 13.0 Å². The molecule has 1 atom stereocenters.